The van der Waals surface area contributed by atoms with Crippen molar-refractivity contribution in [2.24, 2.45) is 0 Å². The summed E-state index contributed by atoms with van der Waals surface area (Å²) >= 11 is 0. The maximum absolute atomic E-state index is 12.9. The summed E-state index contributed by atoms with van der Waals surface area (Å²) in [5.41, 5.74) is 4.06. The molecule has 1 aliphatic heterocycles. The van der Waals surface area contributed by atoms with Gasteiger partial charge in [-0.3, -0.25) is 4.79 Å². The Labute approximate surface area is 131 Å². The normalized spacial score (nSPS) is 18.4. The van der Waals surface area contributed by atoms with E-state index in [-0.39, 0.29) is 11.9 Å². The summed E-state index contributed by atoms with van der Waals surface area (Å²) in [5.74, 6) is 0.542. The highest BCUT2D eigenvalue weighted by Gasteiger charge is 2.32. The SMILES string of the molecule is CNCC1CCCN1C(=O)c1oc2c(C)ccc(C)c2c1C. The van der Waals surface area contributed by atoms with E-state index >= 15 is 0 Å². The Balaban J connectivity index is 2.03. The van der Waals surface area contributed by atoms with Crippen LogP contribution >= 0.6 is 0 Å². The van der Waals surface area contributed by atoms with Gasteiger partial charge in [0.1, 0.15) is 5.58 Å². The van der Waals surface area contributed by atoms with Crippen LogP contribution in [0.2, 0.25) is 0 Å². The van der Waals surface area contributed by atoms with Gasteiger partial charge in [0.15, 0.2) is 5.76 Å². The number of nitrogens with one attached hydrogen (secondary N) is 1. The van der Waals surface area contributed by atoms with Crippen molar-refractivity contribution in [1.29, 1.82) is 0 Å². The fourth-order valence-electron chi connectivity index (χ4n) is 3.56. The number of fused-ring (bicyclic) bond motifs is 1. The third-order valence-electron chi connectivity index (χ3n) is 4.75. The van der Waals surface area contributed by atoms with E-state index in [9.17, 15) is 4.79 Å². The zero-order valence-corrected chi connectivity index (χ0v) is 13.8. The highest BCUT2D eigenvalue weighted by molar-refractivity contribution is 6.00. The first-order valence-corrected chi connectivity index (χ1v) is 7.99. The summed E-state index contributed by atoms with van der Waals surface area (Å²) in [6.07, 6.45) is 2.12. The van der Waals surface area contributed by atoms with Crippen molar-refractivity contribution in [3.05, 3.63) is 34.6 Å². The second-order valence-electron chi connectivity index (χ2n) is 6.31. The Hall–Kier alpha value is -1.81. The molecule has 1 aliphatic rings. The largest absolute Gasteiger partial charge is 0.450 e. The van der Waals surface area contributed by atoms with Gasteiger partial charge in [0.25, 0.3) is 5.91 Å². The van der Waals surface area contributed by atoms with E-state index < -0.39 is 0 Å². The van der Waals surface area contributed by atoms with E-state index in [1.165, 1.54) is 0 Å². The molecule has 2 heterocycles. The molecule has 1 N–H and O–H groups in total. The number of benzene rings is 1. The van der Waals surface area contributed by atoms with Gasteiger partial charge in [-0.15, -0.1) is 0 Å². The third-order valence-corrected chi connectivity index (χ3v) is 4.75. The van der Waals surface area contributed by atoms with Gasteiger partial charge in [0.05, 0.1) is 0 Å². The molecule has 1 amide bonds. The molecule has 0 aliphatic carbocycles. The average molecular weight is 300 g/mol. The van der Waals surface area contributed by atoms with E-state index in [0.717, 1.165) is 53.6 Å². The molecular formula is C18H24N2O2. The summed E-state index contributed by atoms with van der Waals surface area (Å²) in [5, 5.41) is 4.27. The van der Waals surface area contributed by atoms with Crippen molar-refractivity contribution < 1.29 is 9.21 Å². The second-order valence-corrected chi connectivity index (χ2v) is 6.31. The maximum Gasteiger partial charge on any atom is 0.290 e. The fourth-order valence-corrected chi connectivity index (χ4v) is 3.56. The van der Waals surface area contributed by atoms with E-state index in [0.29, 0.717) is 5.76 Å². The first kappa shape index (κ1) is 15.1. The molecule has 1 fully saturated rings. The summed E-state index contributed by atoms with van der Waals surface area (Å²) in [6.45, 7) is 7.74. The van der Waals surface area contributed by atoms with Crippen LogP contribution in [0.4, 0.5) is 0 Å². The summed E-state index contributed by atoms with van der Waals surface area (Å²) in [6, 6.07) is 4.41. The highest BCUT2D eigenvalue weighted by atomic mass is 16.3. The molecule has 4 nitrogen and oxygen atoms in total. The minimum atomic E-state index is 0.0326. The third kappa shape index (κ3) is 2.31. The maximum atomic E-state index is 12.9. The molecule has 1 saturated heterocycles. The molecule has 0 saturated carbocycles. The van der Waals surface area contributed by atoms with Crippen LogP contribution in [-0.2, 0) is 0 Å². The lowest BCUT2D eigenvalue weighted by Crippen LogP contribution is -2.40. The van der Waals surface area contributed by atoms with Crippen LogP contribution in [0, 0.1) is 20.8 Å². The highest BCUT2D eigenvalue weighted by Crippen LogP contribution is 2.32. The molecule has 0 spiro atoms. The van der Waals surface area contributed by atoms with Crippen molar-refractivity contribution >= 4 is 16.9 Å². The predicted molar refractivity (Wildman–Crippen MR) is 88.4 cm³/mol. The molecule has 22 heavy (non-hydrogen) atoms. The first-order chi connectivity index (χ1) is 10.5. The Morgan fingerprint density at radius 1 is 1.32 bits per heavy atom. The zero-order valence-electron chi connectivity index (χ0n) is 13.8. The van der Waals surface area contributed by atoms with Gasteiger partial charge in [0.2, 0.25) is 0 Å². The van der Waals surface area contributed by atoms with Gasteiger partial charge in [0, 0.05) is 30.1 Å². The van der Waals surface area contributed by atoms with Crippen LogP contribution < -0.4 is 5.32 Å². The Morgan fingerprint density at radius 2 is 2.05 bits per heavy atom. The lowest BCUT2D eigenvalue weighted by atomic mass is 10.0. The summed E-state index contributed by atoms with van der Waals surface area (Å²) in [4.78, 5) is 14.9. The van der Waals surface area contributed by atoms with Gasteiger partial charge >= 0.3 is 0 Å². The minimum absolute atomic E-state index is 0.0326. The van der Waals surface area contributed by atoms with Gasteiger partial charge in [-0.2, -0.15) is 0 Å². The van der Waals surface area contributed by atoms with Gasteiger partial charge in [-0.1, -0.05) is 12.1 Å². The molecule has 0 radical (unpaired) electrons. The van der Waals surface area contributed by atoms with Crippen molar-refractivity contribution in [2.75, 3.05) is 20.1 Å². The Bertz CT molecular complexity index is 717. The van der Waals surface area contributed by atoms with Gasteiger partial charge in [-0.05, 0) is 51.8 Å². The molecule has 1 unspecified atom stereocenters. The molecule has 1 atom stereocenters. The second kappa shape index (κ2) is 5.76. The van der Waals surface area contributed by atoms with Gasteiger partial charge in [-0.25, -0.2) is 0 Å². The van der Waals surface area contributed by atoms with Crippen LogP contribution in [0.5, 0.6) is 0 Å². The van der Waals surface area contributed by atoms with Gasteiger partial charge < -0.3 is 14.6 Å². The number of aryl methyl sites for hydroxylation is 3. The van der Waals surface area contributed by atoms with Crippen molar-refractivity contribution in [1.82, 2.24) is 10.2 Å². The predicted octanol–water partition coefficient (Wildman–Crippen LogP) is 3.18. The number of likely N-dealkylation sites (N-methyl/N-ethyl adjacent to an activating group) is 1. The zero-order chi connectivity index (χ0) is 15.9. The van der Waals surface area contributed by atoms with E-state index in [1.807, 2.05) is 25.8 Å². The molecule has 2 aromatic rings. The molecule has 118 valence electrons. The molecular weight excluding hydrogens is 276 g/mol. The van der Waals surface area contributed by atoms with E-state index in [2.05, 4.69) is 24.4 Å². The number of rotatable bonds is 3. The number of amides is 1. The minimum Gasteiger partial charge on any atom is -0.450 e. The van der Waals surface area contributed by atoms with Crippen molar-refractivity contribution in [2.45, 2.75) is 39.7 Å². The van der Waals surface area contributed by atoms with Crippen molar-refractivity contribution in [3.8, 4) is 0 Å². The number of likely N-dealkylation sites (tertiary alicyclic amines) is 1. The lowest BCUT2D eigenvalue weighted by Gasteiger charge is -2.23. The number of hydrogen-bond acceptors (Lipinski definition) is 3. The molecule has 3 rings (SSSR count). The quantitative estimate of drug-likeness (QED) is 0.947. The van der Waals surface area contributed by atoms with Crippen LogP contribution in [0.15, 0.2) is 16.5 Å². The van der Waals surface area contributed by atoms with E-state index in [1.54, 1.807) is 0 Å². The topological polar surface area (TPSA) is 45.5 Å². The Kier molecular flexibility index (Phi) is 3.96. The molecule has 1 aromatic carbocycles. The molecule has 4 heteroatoms. The number of carbonyl (C=O) groups is 1. The molecule has 0 bridgehead atoms. The lowest BCUT2D eigenvalue weighted by molar-refractivity contribution is 0.0706. The summed E-state index contributed by atoms with van der Waals surface area (Å²) < 4.78 is 6.00. The fraction of sp³-hybridized carbons (Fsp3) is 0.500. The summed E-state index contributed by atoms with van der Waals surface area (Å²) in [7, 11) is 1.93. The number of nitrogens with zero attached hydrogens (tertiary/aromatic N) is 1. The average Bonchev–Trinajstić information content (AvgIpc) is 3.08. The Morgan fingerprint density at radius 3 is 2.73 bits per heavy atom. The number of hydrogen-bond donors (Lipinski definition) is 1. The van der Waals surface area contributed by atoms with Crippen LogP contribution in [-0.4, -0.2) is 37.0 Å². The smallest absolute Gasteiger partial charge is 0.290 e. The van der Waals surface area contributed by atoms with E-state index in [4.69, 9.17) is 4.42 Å². The first-order valence-electron chi connectivity index (χ1n) is 7.99. The van der Waals surface area contributed by atoms with Crippen molar-refractivity contribution in [3.63, 3.8) is 0 Å². The number of furan rings is 1. The number of carbonyl (C=O) groups excluding carboxylic acids is 1. The van der Waals surface area contributed by atoms with Crippen LogP contribution in [0.3, 0.4) is 0 Å². The monoisotopic (exact) mass is 300 g/mol. The van der Waals surface area contributed by atoms with Crippen LogP contribution in [0.1, 0.15) is 40.1 Å². The standard InChI is InChI=1S/C18H24N2O2/c1-11-7-8-12(2)16-15(11)13(3)17(22-16)18(21)20-9-5-6-14(20)10-19-4/h7-8,14,19H,5-6,9-10H2,1-4H3. The van der Waals surface area contributed by atoms with Crippen LogP contribution in [0.25, 0.3) is 11.0 Å². The molecule has 1 aromatic heterocycles.